The Morgan fingerprint density at radius 1 is 0.812 bits per heavy atom. The summed E-state index contributed by atoms with van der Waals surface area (Å²) in [5.41, 5.74) is 6.13. The molecule has 3 heterocycles. The van der Waals surface area contributed by atoms with Gasteiger partial charge in [-0.05, 0) is 42.2 Å². The molecule has 0 atom stereocenters. The molecule has 0 radical (unpaired) electrons. The van der Waals surface area contributed by atoms with E-state index in [0.717, 1.165) is 45.7 Å². The van der Waals surface area contributed by atoms with Crippen LogP contribution in [-0.2, 0) is 5.41 Å². The molecule has 1 aliphatic rings. The van der Waals surface area contributed by atoms with E-state index in [4.69, 9.17) is 19.4 Å². The Morgan fingerprint density at radius 2 is 1.56 bits per heavy atom. The van der Waals surface area contributed by atoms with E-state index < -0.39 is 0 Å². The van der Waals surface area contributed by atoms with Crippen LogP contribution >= 0.6 is 0 Å². The van der Waals surface area contributed by atoms with Crippen molar-refractivity contribution < 1.29 is 9.47 Å². The fraction of sp³-hybridized carbons (Fsp3) is 0.259. The van der Waals surface area contributed by atoms with E-state index in [1.54, 1.807) is 0 Å². The predicted molar refractivity (Wildman–Crippen MR) is 127 cm³/mol. The van der Waals surface area contributed by atoms with E-state index in [1.807, 2.05) is 43.3 Å². The maximum absolute atomic E-state index is 5.81. The second kappa shape index (κ2) is 7.83. The molecule has 0 fully saturated rings. The molecule has 5 nitrogen and oxygen atoms in total. The van der Waals surface area contributed by atoms with Crippen LogP contribution in [0, 0.1) is 6.92 Å². The summed E-state index contributed by atoms with van der Waals surface area (Å²) in [6, 6.07) is 20.6. The number of fused-ring (bicyclic) bond motifs is 1. The maximum Gasteiger partial charge on any atom is 0.163 e. The van der Waals surface area contributed by atoms with Gasteiger partial charge in [0.15, 0.2) is 17.3 Å². The average Bonchev–Trinajstić information content (AvgIpc) is 3.24. The molecular formula is C27H27N3O2. The molecule has 5 heteroatoms. The SMILES string of the molecule is Cc1cccc(-c2nc(-c3ccc(C(C)(C)C)cc3)cn2-c2ccc3c(c2)OCCO3)n1. The Bertz CT molecular complexity index is 1270. The molecule has 4 aromatic rings. The van der Waals surface area contributed by atoms with E-state index in [1.165, 1.54) is 5.56 Å². The molecule has 0 saturated heterocycles. The summed E-state index contributed by atoms with van der Waals surface area (Å²) in [7, 11) is 0. The van der Waals surface area contributed by atoms with E-state index in [9.17, 15) is 0 Å². The molecule has 0 aliphatic carbocycles. The maximum atomic E-state index is 5.81. The van der Waals surface area contributed by atoms with Gasteiger partial charge >= 0.3 is 0 Å². The van der Waals surface area contributed by atoms with Gasteiger partial charge < -0.3 is 9.47 Å². The molecule has 0 spiro atoms. The summed E-state index contributed by atoms with van der Waals surface area (Å²) in [4.78, 5) is 9.73. The van der Waals surface area contributed by atoms with Gasteiger partial charge in [-0.15, -0.1) is 0 Å². The van der Waals surface area contributed by atoms with Crippen LogP contribution in [0.2, 0.25) is 0 Å². The third-order valence-electron chi connectivity index (χ3n) is 5.67. The van der Waals surface area contributed by atoms with Gasteiger partial charge in [-0.25, -0.2) is 9.97 Å². The standard InChI is InChI=1S/C27H27N3O2/c1-18-6-5-7-22(28-18)26-29-23(19-8-10-20(11-9-19)27(2,3)4)17-30(26)21-12-13-24-25(16-21)32-15-14-31-24/h5-13,16-17H,14-15H2,1-4H3. The Kier molecular flexibility index (Phi) is 4.97. The lowest BCUT2D eigenvalue weighted by molar-refractivity contribution is 0.171. The Morgan fingerprint density at radius 3 is 2.28 bits per heavy atom. The van der Waals surface area contributed by atoms with Crippen molar-refractivity contribution in [2.75, 3.05) is 13.2 Å². The zero-order valence-electron chi connectivity index (χ0n) is 18.9. The molecule has 0 unspecified atom stereocenters. The molecule has 5 rings (SSSR count). The molecule has 162 valence electrons. The van der Waals surface area contributed by atoms with E-state index in [0.29, 0.717) is 13.2 Å². The number of hydrogen-bond donors (Lipinski definition) is 0. The number of benzene rings is 2. The van der Waals surface area contributed by atoms with Crippen LogP contribution in [0.25, 0.3) is 28.5 Å². The molecule has 2 aromatic carbocycles. The highest BCUT2D eigenvalue weighted by Gasteiger charge is 2.19. The van der Waals surface area contributed by atoms with Crippen molar-refractivity contribution in [2.24, 2.45) is 0 Å². The summed E-state index contributed by atoms with van der Waals surface area (Å²) in [5.74, 6) is 2.32. The zero-order valence-corrected chi connectivity index (χ0v) is 18.9. The highest BCUT2D eigenvalue weighted by Crippen LogP contribution is 2.35. The number of imidazole rings is 1. The lowest BCUT2D eigenvalue weighted by Gasteiger charge is -2.19. The smallest absolute Gasteiger partial charge is 0.163 e. The molecular weight excluding hydrogens is 398 g/mol. The third kappa shape index (κ3) is 3.86. The van der Waals surface area contributed by atoms with Crippen molar-refractivity contribution >= 4 is 0 Å². The van der Waals surface area contributed by atoms with Crippen molar-refractivity contribution in [2.45, 2.75) is 33.1 Å². The van der Waals surface area contributed by atoms with Crippen molar-refractivity contribution in [1.29, 1.82) is 0 Å². The van der Waals surface area contributed by atoms with Gasteiger partial charge in [0.1, 0.15) is 18.9 Å². The highest BCUT2D eigenvalue weighted by molar-refractivity contribution is 5.67. The van der Waals surface area contributed by atoms with Gasteiger partial charge in [0.25, 0.3) is 0 Å². The third-order valence-corrected chi connectivity index (χ3v) is 5.67. The predicted octanol–water partition coefficient (Wildman–Crippen LogP) is 5.98. The Labute approximate surface area is 188 Å². The number of ether oxygens (including phenoxy) is 2. The minimum absolute atomic E-state index is 0.111. The van der Waals surface area contributed by atoms with Crippen molar-refractivity contribution in [3.05, 3.63) is 78.1 Å². The van der Waals surface area contributed by atoms with Crippen LogP contribution in [-0.4, -0.2) is 27.7 Å². The second-order valence-corrected chi connectivity index (χ2v) is 9.14. The normalized spacial score (nSPS) is 13.2. The first-order valence-electron chi connectivity index (χ1n) is 10.9. The molecule has 32 heavy (non-hydrogen) atoms. The topological polar surface area (TPSA) is 49.2 Å². The molecule has 0 bridgehead atoms. The summed E-state index contributed by atoms with van der Waals surface area (Å²) in [5, 5.41) is 0. The summed E-state index contributed by atoms with van der Waals surface area (Å²) in [6.07, 6.45) is 2.07. The van der Waals surface area contributed by atoms with Gasteiger partial charge in [0.2, 0.25) is 0 Å². The minimum Gasteiger partial charge on any atom is -0.486 e. The molecule has 0 amide bonds. The molecule has 1 aliphatic heterocycles. The van der Waals surface area contributed by atoms with Crippen LogP contribution in [0.5, 0.6) is 11.5 Å². The quantitative estimate of drug-likeness (QED) is 0.405. The van der Waals surface area contributed by atoms with Gasteiger partial charge in [-0.1, -0.05) is 51.1 Å². The van der Waals surface area contributed by atoms with E-state index in [2.05, 4.69) is 55.8 Å². The van der Waals surface area contributed by atoms with Crippen LogP contribution in [0.15, 0.2) is 66.9 Å². The zero-order chi connectivity index (χ0) is 22.3. The summed E-state index contributed by atoms with van der Waals surface area (Å²) >= 11 is 0. The first-order valence-corrected chi connectivity index (χ1v) is 10.9. The first-order chi connectivity index (χ1) is 15.4. The van der Waals surface area contributed by atoms with Crippen molar-refractivity contribution in [1.82, 2.24) is 14.5 Å². The van der Waals surface area contributed by atoms with Gasteiger partial charge in [-0.2, -0.15) is 0 Å². The monoisotopic (exact) mass is 425 g/mol. The van der Waals surface area contributed by atoms with Gasteiger partial charge in [0, 0.05) is 23.5 Å². The largest absolute Gasteiger partial charge is 0.486 e. The second-order valence-electron chi connectivity index (χ2n) is 9.14. The number of nitrogens with zero attached hydrogens (tertiary/aromatic N) is 3. The average molecular weight is 426 g/mol. The van der Waals surface area contributed by atoms with Gasteiger partial charge in [-0.3, -0.25) is 4.57 Å². The van der Waals surface area contributed by atoms with Crippen molar-refractivity contribution in [3.8, 4) is 40.0 Å². The Balaban J connectivity index is 1.63. The Hall–Kier alpha value is -3.60. The van der Waals surface area contributed by atoms with Crippen LogP contribution < -0.4 is 9.47 Å². The number of aryl methyl sites for hydroxylation is 1. The molecule has 2 aromatic heterocycles. The number of aromatic nitrogens is 3. The lowest BCUT2D eigenvalue weighted by atomic mass is 9.86. The summed E-state index contributed by atoms with van der Waals surface area (Å²) in [6.45, 7) is 9.79. The fourth-order valence-electron chi connectivity index (χ4n) is 3.89. The fourth-order valence-corrected chi connectivity index (χ4v) is 3.89. The minimum atomic E-state index is 0.111. The highest BCUT2D eigenvalue weighted by atomic mass is 16.6. The van der Waals surface area contributed by atoms with E-state index in [-0.39, 0.29) is 5.41 Å². The molecule has 0 N–H and O–H groups in total. The number of pyridine rings is 1. The lowest BCUT2D eigenvalue weighted by Crippen LogP contribution is -2.15. The molecule has 0 saturated carbocycles. The van der Waals surface area contributed by atoms with Crippen LogP contribution in [0.4, 0.5) is 0 Å². The van der Waals surface area contributed by atoms with Crippen LogP contribution in [0.1, 0.15) is 32.0 Å². The van der Waals surface area contributed by atoms with Gasteiger partial charge in [0.05, 0.1) is 11.4 Å². The van der Waals surface area contributed by atoms with Crippen LogP contribution in [0.3, 0.4) is 0 Å². The number of hydrogen-bond acceptors (Lipinski definition) is 4. The van der Waals surface area contributed by atoms with E-state index >= 15 is 0 Å². The van der Waals surface area contributed by atoms with Crippen molar-refractivity contribution in [3.63, 3.8) is 0 Å². The first kappa shape index (κ1) is 20.3. The summed E-state index contributed by atoms with van der Waals surface area (Å²) < 4.78 is 13.6. The number of rotatable bonds is 3.